The predicted octanol–water partition coefficient (Wildman–Crippen LogP) is 4.28. The number of amides is 1. The molecule has 4 heteroatoms. The number of halogens is 1. The van der Waals surface area contributed by atoms with Crippen LogP contribution in [-0.4, -0.2) is 12.5 Å². The van der Waals surface area contributed by atoms with Crippen molar-refractivity contribution in [2.75, 3.05) is 11.9 Å². The monoisotopic (exact) mass is 303 g/mol. The predicted molar refractivity (Wildman–Crippen MR) is 86.2 cm³/mol. The summed E-state index contributed by atoms with van der Waals surface area (Å²) < 4.78 is 5.56. The molecule has 0 bridgehead atoms. The SMILES string of the molecule is Cc1ccc(NC(=O)COc2cccc(C)c2C)c(Cl)c1. The van der Waals surface area contributed by atoms with Crippen LogP contribution in [0.1, 0.15) is 16.7 Å². The second-order valence-corrected chi connectivity index (χ2v) is 5.43. The first kappa shape index (κ1) is 15.4. The Labute approximate surface area is 129 Å². The van der Waals surface area contributed by atoms with Gasteiger partial charge in [0.15, 0.2) is 6.61 Å². The van der Waals surface area contributed by atoms with Gasteiger partial charge in [-0.3, -0.25) is 4.79 Å². The second kappa shape index (κ2) is 6.64. The second-order valence-electron chi connectivity index (χ2n) is 5.02. The minimum absolute atomic E-state index is 0.0471. The van der Waals surface area contributed by atoms with E-state index in [-0.39, 0.29) is 12.5 Å². The van der Waals surface area contributed by atoms with Crippen LogP contribution in [0.25, 0.3) is 0 Å². The van der Waals surface area contributed by atoms with Crippen LogP contribution >= 0.6 is 11.6 Å². The van der Waals surface area contributed by atoms with Crippen LogP contribution in [0.3, 0.4) is 0 Å². The molecule has 0 aliphatic carbocycles. The van der Waals surface area contributed by atoms with Crippen molar-refractivity contribution in [3.8, 4) is 5.75 Å². The summed E-state index contributed by atoms with van der Waals surface area (Å²) in [4.78, 5) is 11.9. The van der Waals surface area contributed by atoms with Crippen molar-refractivity contribution in [3.63, 3.8) is 0 Å². The van der Waals surface area contributed by atoms with Crippen molar-refractivity contribution in [1.29, 1.82) is 0 Å². The minimum Gasteiger partial charge on any atom is -0.483 e. The van der Waals surface area contributed by atoms with Gasteiger partial charge in [-0.2, -0.15) is 0 Å². The van der Waals surface area contributed by atoms with Crippen LogP contribution in [0.2, 0.25) is 5.02 Å². The van der Waals surface area contributed by atoms with Crippen LogP contribution in [0.15, 0.2) is 36.4 Å². The molecule has 0 radical (unpaired) electrons. The molecule has 21 heavy (non-hydrogen) atoms. The third-order valence-corrected chi connectivity index (χ3v) is 3.63. The van der Waals surface area contributed by atoms with Crippen molar-refractivity contribution in [2.24, 2.45) is 0 Å². The maximum absolute atomic E-state index is 11.9. The molecule has 0 unspecified atom stereocenters. The van der Waals surface area contributed by atoms with Crippen LogP contribution in [-0.2, 0) is 4.79 Å². The van der Waals surface area contributed by atoms with E-state index < -0.39 is 0 Å². The summed E-state index contributed by atoms with van der Waals surface area (Å²) in [6.07, 6.45) is 0. The van der Waals surface area contributed by atoms with Crippen LogP contribution in [0.4, 0.5) is 5.69 Å². The fourth-order valence-corrected chi connectivity index (χ4v) is 2.21. The Kier molecular flexibility index (Phi) is 4.86. The first-order valence-electron chi connectivity index (χ1n) is 6.72. The molecule has 0 aromatic heterocycles. The number of benzene rings is 2. The van der Waals surface area contributed by atoms with Crippen molar-refractivity contribution < 1.29 is 9.53 Å². The highest BCUT2D eigenvalue weighted by Gasteiger charge is 2.08. The van der Waals surface area contributed by atoms with Gasteiger partial charge in [-0.15, -0.1) is 0 Å². The lowest BCUT2D eigenvalue weighted by molar-refractivity contribution is -0.118. The highest BCUT2D eigenvalue weighted by molar-refractivity contribution is 6.33. The number of anilines is 1. The summed E-state index contributed by atoms with van der Waals surface area (Å²) in [5.74, 6) is 0.488. The van der Waals surface area contributed by atoms with E-state index in [0.717, 1.165) is 22.4 Å². The smallest absolute Gasteiger partial charge is 0.262 e. The third-order valence-electron chi connectivity index (χ3n) is 3.31. The van der Waals surface area contributed by atoms with Crippen LogP contribution in [0.5, 0.6) is 5.75 Å². The normalized spacial score (nSPS) is 10.3. The summed E-state index contributed by atoms with van der Waals surface area (Å²) in [6.45, 7) is 5.88. The van der Waals surface area contributed by atoms with Crippen molar-refractivity contribution in [1.82, 2.24) is 0 Å². The highest BCUT2D eigenvalue weighted by Crippen LogP contribution is 2.23. The fourth-order valence-electron chi connectivity index (χ4n) is 1.93. The number of aryl methyl sites for hydroxylation is 2. The maximum Gasteiger partial charge on any atom is 0.262 e. The molecule has 0 aliphatic heterocycles. The molecule has 0 saturated heterocycles. The topological polar surface area (TPSA) is 38.3 Å². The highest BCUT2D eigenvalue weighted by atomic mass is 35.5. The van der Waals surface area contributed by atoms with Gasteiger partial charge in [0.25, 0.3) is 5.91 Å². The quantitative estimate of drug-likeness (QED) is 0.915. The molecule has 3 nitrogen and oxygen atoms in total. The van der Waals surface area contributed by atoms with Gasteiger partial charge in [-0.1, -0.05) is 29.8 Å². The Morgan fingerprint density at radius 1 is 1.19 bits per heavy atom. The average molecular weight is 304 g/mol. The number of nitrogens with one attached hydrogen (secondary N) is 1. The molecule has 0 heterocycles. The Morgan fingerprint density at radius 3 is 2.67 bits per heavy atom. The van der Waals surface area contributed by atoms with Gasteiger partial charge < -0.3 is 10.1 Å². The van der Waals surface area contributed by atoms with Crippen molar-refractivity contribution in [3.05, 3.63) is 58.1 Å². The zero-order chi connectivity index (χ0) is 15.4. The zero-order valence-corrected chi connectivity index (χ0v) is 13.1. The molecule has 0 saturated carbocycles. The third kappa shape index (κ3) is 3.99. The summed E-state index contributed by atoms with van der Waals surface area (Å²) in [6, 6.07) is 11.3. The van der Waals surface area contributed by atoms with Crippen molar-refractivity contribution >= 4 is 23.2 Å². The standard InChI is InChI=1S/C17H18ClNO2/c1-11-7-8-15(14(18)9-11)19-17(20)10-21-16-6-4-5-12(2)13(16)3/h4-9H,10H2,1-3H3,(H,19,20). The molecule has 0 spiro atoms. The van der Waals surface area contributed by atoms with Gasteiger partial charge in [0.05, 0.1) is 10.7 Å². The molecular formula is C17H18ClNO2. The number of carbonyl (C=O) groups is 1. The number of hydrogen-bond acceptors (Lipinski definition) is 2. The molecule has 2 aromatic rings. The van der Waals surface area contributed by atoms with E-state index in [2.05, 4.69) is 5.32 Å². The van der Waals surface area contributed by atoms with E-state index in [0.29, 0.717) is 10.7 Å². The van der Waals surface area contributed by atoms with Gasteiger partial charge in [-0.25, -0.2) is 0 Å². The number of ether oxygens (including phenoxy) is 1. The first-order chi connectivity index (χ1) is 9.97. The summed E-state index contributed by atoms with van der Waals surface area (Å²) in [5.41, 5.74) is 3.81. The lowest BCUT2D eigenvalue weighted by Gasteiger charge is -2.11. The van der Waals surface area contributed by atoms with Gasteiger partial charge in [-0.05, 0) is 55.7 Å². The number of hydrogen-bond donors (Lipinski definition) is 1. The minimum atomic E-state index is -0.235. The van der Waals surface area contributed by atoms with Gasteiger partial charge in [0.1, 0.15) is 5.75 Å². The summed E-state index contributed by atoms with van der Waals surface area (Å²) in [5, 5.41) is 3.27. The van der Waals surface area contributed by atoms with E-state index in [1.807, 2.05) is 51.1 Å². The summed E-state index contributed by atoms with van der Waals surface area (Å²) in [7, 11) is 0. The molecule has 110 valence electrons. The van der Waals surface area contributed by atoms with E-state index in [1.54, 1.807) is 6.07 Å². The molecule has 2 aromatic carbocycles. The van der Waals surface area contributed by atoms with Gasteiger partial charge in [0.2, 0.25) is 0 Å². The van der Waals surface area contributed by atoms with Crippen LogP contribution in [0, 0.1) is 20.8 Å². The maximum atomic E-state index is 11.9. The van der Waals surface area contributed by atoms with E-state index in [4.69, 9.17) is 16.3 Å². The van der Waals surface area contributed by atoms with Crippen LogP contribution < -0.4 is 10.1 Å². The summed E-state index contributed by atoms with van der Waals surface area (Å²) >= 11 is 6.08. The molecule has 1 N–H and O–H groups in total. The fraction of sp³-hybridized carbons (Fsp3) is 0.235. The molecule has 0 fully saturated rings. The Balaban J connectivity index is 1.97. The Hall–Kier alpha value is -2.00. The zero-order valence-electron chi connectivity index (χ0n) is 12.4. The Bertz CT molecular complexity index is 668. The molecular weight excluding hydrogens is 286 g/mol. The molecule has 1 amide bonds. The number of rotatable bonds is 4. The lowest BCUT2D eigenvalue weighted by Crippen LogP contribution is -2.20. The van der Waals surface area contributed by atoms with E-state index >= 15 is 0 Å². The van der Waals surface area contributed by atoms with Gasteiger partial charge in [0, 0.05) is 0 Å². The van der Waals surface area contributed by atoms with Crippen molar-refractivity contribution in [2.45, 2.75) is 20.8 Å². The van der Waals surface area contributed by atoms with Gasteiger partial charge >= 0.3 is 0 Å². The first-order valence-corrected chi connectivity index (χ1v) is 7.10. The lowest BCUT2D eigenvalue weighted by atomic mass is 10.1. The molecule has 0 aliphatic rings. The largest absolute Gasteiger partial charge is 0.483 e. The molecule has 2 rings (SSSR count). The average Bonchev–Trinajstić information content (AvgIpc) is 2.43. The van der Waals surface area contributed by atoms with E-state index in [9.17, 15) is 4.79 Å². The van der Waals surface area contributed by atoms with E-state index in [1.165, 1.54) is 0 Å². The number of carbonyl (C=O) groups excluding carboxylic acids is 1. The molecule has 0 atom stereocenters. The Morgan fingerprint density at radius 2 is 1.95 bits per heavy atom.